The summed E-state index contributed by atoms with van der Waals surface area (Å²) in [6.07, 6.45) is 4.09. The van der Waals surface area contributed by atoms with Gasteiger partial charge in [-0.3, -0.25) is 9.48 Å². The van der Waals surface area contributed by atoms with Crippen molar-refractivity contribution in [2.75, 3.05) is 13.1 Å². The van der Waals surface area contributed by atoms with E-state index in [0.29, 0.717) is 12.5 Å². The lowest BCUT2D eigenvalue weighted by atomic mass is 10.0. The predicted octanol–water partition coefficient (Wildman–Crippen LogP) is 2.21. The fourth-order valence-electron chi connectivity index (χ4n) is 2.23. The summed E-state index contributed by atoms with van der Waals surface area (Å²) >= 11 is 3.40. The van der Waals surface area contributed by atoms with Gasteiger partial charge in [0, 0.05) is 13.1 Å². The molecule has 0 bridgehead atoms. The maximum absolute atomic E-state index is 12.1. The van der Waals surface area contributed by atoms with Crippen LogP contribution in [-0.2, 0) is 11.3 Å². The van der Waals surface area contributed by atoms with E-state index in [2.05, 4.69) is 28.0 Å². The van der Waals surface area contributed by atoms with Gasteiger partial charge in [0.2, 0.25) is 5.91 Å². The van der Waals surface area contributed by atoms with E-state index < -0.39 is 0 Å². The molecule has 1 aliphatic rings. The highest BCUT2D eigenvalue weighted by atomic mass is 79.9. The molecule has 94 valence electrons. The molecular formula is C12H18BrN3O. The van der Waals surface area contributed by atoms with Crippen LogP contribution in [0, 0.1) is 12.8 Å². The van der Waals surface area contributed by atoms with Crippen LogP contribution in [0.4, 0.5) is 0 Å². The Labute approximate surface area is 110 Å². The zero-order valence-corrected chi connectivity index (χ0v) is 11.9. The Balaban J connectivity index is 1.99. The summed E-state index contributed by atoms with van der Waals surface area (Å²) in [5.74, 6) is 0.799. The van der Waals surface area contributed by atoms with E-state index in [1.807, 2.05) is 11.8 Å². The quantitative estimate of drug-likeness (QED) is 0.840. The van der Waals surface area contributed by atoms with E-state index in [0.717, 1.165) is 29.7 Å². The molecule has 1 aromatic rings. The van der Waals surface area contributed by atoms with Crippen LogP contribution in [0.25, 0.3) is 0 Å². The van der Waals surface area contributed by atoms with Crippen LogP contribution in [0.1, 0.15) is 25.5 Å². The van der Waals surface area contributed by atoms with E-state index in [-0.39, 0.29) is 5.91 Å². The van der Waals surface area contributed by atoms with Crippen molar-refractivity contribution in [2.45, 2.75) is 33.2 Å². The lowest BCUT2D eigenvalue weighted by Crippen LogP contribution is -2.41. The van der Waals surface area contributed by atoms with Crippen LogP contribution in [0.3, 0.4) is 0 Å². The Morgan fingerprint density at radius 1 is 1.65 bits per heavy atom. The summed E-state index contributed by atoms with van der Waals surface area (Å²) in [6, 6.07) is 0. The fraction of sp³-hybridized carbons (Fsp3) is 0.667. The van der Waals surface area contributed by atoms with Gasteiger partial charge in [-0.05, 0) is 41.6 Å². The molecular weight excluding hydrogens is 282 g/mol. The van der Waals surface area contributed by atoms with E-state index in [4.69, 9.17) is 0 Å². The lowest BCUT2D eigenvalue weighted by molar-refractivity contribution is -0.133. The maximum Gasteiger partial charge on any atom is 0.244 e. The molecule has 2 rings (SSSR count). The molecule has 1 aromatic heterocycles. The molecule has 0 radical (unpaired) electrons. The summed E-state index contributed by atoms with van der Waals surface area (Å²) in [5.41, 5.74) is 1.00. The van der Waals surface area contributed by atoms with Crippen molar-refractivity contribution in [3.8, 4) is 0 Å². The first-order valence-electron chi connectivity index (χ1n) is 6.03. The number of carbonyl (C=O) groups is 1. The van der Waals surface area contributed by atoms with Crippen LogP contribution in [0.15, 0.2) is 10.7 Å². The van der Waals surface area contributed by atoms with Gasteiger partial charge in [-0.2, -0.15) is 5.10 Å². The highest BCUT2D eigenvalue weighted by Gasteiger charge is 2.21. The van der Waals surface area contributed by atoms with Gasteiger partial charge in [-0.1, -0.05) is 6.92 Å². The molecule has 1 fully saturated rings. The lowest BCUT2D eigenvalue weighted by Gasteiger charge is -2.31. The molecule has 0 saturated carbocycles. The van der Waals surface area contributed by atoms with E-state index in [1.54, 1.807) is 10.9 Å². The number of nitrogens with zero attached hydrogens (tertiary/aromatic N) is 3. The first-order valence-corrected chi connectivity index (χ1v) is 6.83. The Morgan fingerprint density at radius 3 is 3.00 bits per heavy atom. The average molecular weight is 300 g/mol. The third kappa shape index (κ3) is 2.89. The smallest absolute Gasteiger partial charge is 0.244 e. The van der Waals surface area contributed by atoms with E-state index in [9.17, 15) is 4.79 Å². The molecule has 0 spiro atoms. The number of hydrogen-bond donors (Lipinski definition) is 0. The second kappa shape index (κ2) is 5.21. The van der Waals surface area contributed by atoms with Crippen LogP contribution < -0.4 is 0 Å². The summed E-state index contributed by atoms with van der Waals surface area (Å²) < 4.78 is 2.71. The number of amides is 1. The molecule has 0 aromatic carbocycles. The summed E-state index contributed by atoms with van der Waals surface area (Å²) in [4.78, 5) is 14.1. The summed E-state index contributed by atoms with van der Waals surface area (Å²) in [5, 5.41) is 4.19. The molecule has 1 unspecified atom stereocenters. The number of likely N-dealkylation sites (tertiary alicyclic amines) is 1. The molecule has 1 saturated heterocycles. The summed E-state index contributed by atoms with van der Waals surface area (Å²) in [6.45, 7) is 6.30. The van der Waals surface area contributed by atoms with Crippen molar-refractivity contribution in [3.63, 3.8) is 0 Å². The molecule has 0 N–H and O–H groups in total. The van der Waals surface area contributed by atoms with Crippen molar-refractivity contribution < 1.29 is 4.79 Å². The van der Waals surface area contributed by atoms with Gasteiger partial charge in [0.25, 0.3) is 0 Å². The molecule has 4 nitrogen and oxygen atoms in total. The van der Waals surface area contributed by atoms with Gasteiger partial charge in [0.15, 0.2) is 0 Å². The molecule has 1 atom stereocenters. The van der Waals surface area contributed by atoms with Crippen molar-refractivity contribution in [3.05, 3.63) is 16.4 Å². The van der Waals surface area contributed by atoms with Crippen LogP contribution >= 0.6 is 15.9 Å². The molecule has 0 aliphatic carbocycles. The minimum absolute atomic E-state index is 0.176. The standard InChI is InChI=1S/C12H18BrN3O/c1-9-4-3-5-15(7-9)12(17)8-16-10(2)11(13)6-14-16/h6,9H,3-5,7-8H2,1-2H3. The summed E-state index contributed by atoms with van der Waals surface area (Å²) in [7, 11) is 0. The van der Waals surface area contributed by atoms with E-state index in [1.165, 1.54) is 6.42 Å². The number of rotatable bonds is 2. The Hall–Kier alpha value is -0.840. The fourth-order valence-corrected chi connectivity index (χ4v) is 2.52. The third-order valence-electron chi connectivity index (χ3n) is 3.34. The highest BCUT2D eigenvalue weighted by molar-refractivity contribution is 9.10. The van der Waals surface area contributed by atoms with Crippen molar-refractivity contribution in [1.29, 1.82) is 0 Å². The number of hydrogen-bond acceptors (Lipinski definition) is 2. The Bertz CT molecular complexity index is 416. The number of halogens is 1. The first kappa shape index (κ1) is 12.6. The SMILES string of the molecule is Cc1c(Br)cnn1CC(=O)N1CCCC(C)C1. The van der Waals surface area contributed by atoms with Crippen molar-refractivity contribution in [2.24, 2.45) is 5.92 Å². The van der Waals surface area contributed by atoms with Crippen LogP contribution in [-0.4, -0.2) is 33.7 Å². The molecule has 17 heavy (non-hydrogen) atoms. The highest BCUT2D eigenvalue weighted by Crippen LogP contribution is 2.17. The molecule has 2 heterocycles. The minimum Gasteiger partial charge on any atom is -0.341 e. The van der Waals surface area contributed by atoms with Gasteiger partial charge in [-0.25, -0.2) is 0 Å². The topological polar surface area (TPSA) is 38.1 Å². The number of carbonyl (C=O) groups excluding carboxylic acids is 1. The molecule has 1 amide bonds. The van der Waals surface area contributed by atoms with Gasteiger partial charge >= 0.3 is 0 Å². The monoisotopic (exact) mass is 299 g/mol. The molecule has 1 aliphatic heterocycles. The minimum atomic E-state index is 0.176. The van der Waals surface area contributed by atoms with Gasteiger partial charge in [0.05, 0.1) is 16.4 Å². The normalized spacial score (nSPS) is 20.6. The third-order valence-corrected chi connectivity index (χ3v) is 4.12. The van der Waals surface area contributed by atoms with Crippen molar-refractivity contribution in [1.82, 2.24) is 14.7 Å². The van der Waals surface area contributed by atoms with Crippen LogP contribution in [0.5, 0.6) is 0 Å². The van der Waals surface area contributed by atoms with Gasteiger partial charge < -0.3 is 4.90 Å². The van der Waals surface area contributed by atoms with Gasteiger partial charge in [-0.15, -0.1) is 0 Å². The number of aromatic nitrogens is 2. The van der Waals surface area contributed by atoms with Gasteiger partial charge in [0.1, 0.15) is 6.54 Å². The average Bonchev–Trinajstić information content (AvgIpc) is 2.61. The maximum atomic E-state index is 12.1. The van der Waals surface area contributed by atoms with Crippen molar-refractivity contribution >= 4 is 21.8 Å². The number of piperidine rings is 1. The zero-order chi connectivity index (χ0) is 12.4. The van der Waals surface area contributed by atoms with Crippen LogP contribution in [0.2, 0.25) is 0 Å². The second-order valence-corrected chi connectivity index (χ2v) is 5.68. The largest absolute Gasteiger partial charge is 0.341 e. The predicted molar refractivity (Wildman–Crippen MR) is 69.6 cm³/mol. The molecule has 5 heteroatoms. The van der Waals surface area contributed by atoms with E-state index >= 15 is 0 Å². The Kier molecular flexibility index (Phi) is 3.86. The first-order chi connectivity index (χ1) is 8.08. The zero-order valence-electron chi connectivity index (χ0n) is 10.3. The second-order valence-electron chi connectivity index (χ2n) is 4.82. The Morgan fingerprint density at radius 2 is 2.41 bits per heavy atom.